The van der Waals surface area contributed by atoms with Crippen molar-refractivity contribution in [2.75, 3.05) is 0 Å². The van der Waals surface area contributed by atoms with Crippen LogP contribution in [0.5, 0.6) is 0 Å². The van der Waals surface area contributed by atoms with Gasteiger partial charge in [-0.25, -0.2) is 0 Å². The van der Waals surface area contributed by atoms with Crippen molar-refractivity contribution in [3.05, 3.63) is 0 Å². The molecule has 0 aliphatic heterocycles. The van der Waals surface area contributed by atoms with Gasteiger partial charge in [-0.3, -0.25) is 32.9 Å². The van der Waals surface area contributed by atoms with E-state index in [0.717, 1.165) is 5.92 Å². The molecule has 17 heavy (non-hydrogen) atoms. The molecule has 0 fully saturated rings. The first-order valence-corrected chi connectivity index (χ1v) is 4.77. The smallest absolute Gasteiger partial charge is 0.0471 e. The number of hydrogen-bond acceptors (Lipinski definition) is 0. The van der Waals surface area contributed by atoms with Crippen LogP contribution in [0.1, 0.15) is 59.3 Å². The van der Waals surface area contributed by atoms with E-state index in [2.05, 4.69) is 20.8 Å². The molecule has 0 amide bonds. The molecule has 0 aromatic rings. The fourth-order valence-electron chi connectivity index (χ4n) is 1.16. The number of unbranched alkanes of at least 4 members (excludes halogenated alkanes) is 4. The predicted molar refractivity (Wildman–Crippen MR) is 65.7 cm³/mol. The highest BCUT2D eigenvalue weighted by Crippen LogP contribution is 2.09. The molecule has 118 valence electrons. The SMILES string of the molecule is CCCCCCCC(C)C.F.F.F.F.F.F.F. The molecule has 0 aliphatic rings. The minimum absolute atomic E-state index is 0. The number of halogens is 7. The normalized spacial score (nSPS) is 6.35. The summed E-state index contributed by atoms with van der Waals surface area (Å²) < 4.78 is 0. The standard InChI is InChI=1S/C10H22.7FH/c1-4-5-6-7-8-9-10(2)3;;;;;;;/h10H,4-9H2,1-3H3;7*1H. The minimum atomic E-state index is 0. The van der Waals surface area contributed by atoms with Crippen molar-refractivity contribution in [1.29, 1.82) is 0 Å². The van der Waals surface area contributed by atoms with Gasteiger partial charge in [0.15, 0.2) is 0 Å². The van der Waals surface area contributed by atoms with Crippen molar-refractivity contribution >= 4 is 0 Å². The number of rotatable bonds is 6. The molecule has 0 aliphatic carbocycles. The van der Waals surface area contributed by atoms with Gasteiger partial charge in [-0.05, 0) is 5.92 Å². The quantitative estimate of drug-likeness (QED) is 0.471. The molecule has 0 spiro atoms. The molecule has 0 aromatic heterocycles. The average molecular weight is 282 g/mol. The zero-order valence-corrected chi connectivity index (χ0v) is 10.7. The third-order valence-electron chi connectivity index (χ3n) is 1.89. The Labute approximate surface area is 99.1 Å². The van der Waals surface area contributed by atoms with Gasteiger partial charge in [-0.2, -0.15) is 0 Å². The Morgan fingerprint density at radius 3 is 1.24 bits per heavy atom. The largest absolute Gasteiger partial charge is 0.269 e. The van der Waals surface area contributed by atoms with E-state index in [1.165, 1.54) is 38.5 Å². The van der Waals surface area contributed by atoms with Crippen LogP contribution in [0.3, 0.4) is 0 Å². The summed E-state index contributed by atoms with van der Waals surface area (Å²) in [6.07, 6.45) is 8.55. The van der Waals surface area contributed by atoms with E-state index in [1.54, 1.807) is 0 Å². The first-order valence-electron chi connectivity index (χ1n) is 4.77. The Morgan fingerprint density at radius 2 is 0.941 bits per heavy atom. The summed E-state index contributed by atoms with van der Waals surface area (Å²) in [6.45, 7) is 6.88. The summed E-state index contributed by atoms with van der Waals surface area (Å²) in [5.41, 5.74) is 0. The highest BCUT2D eigenvalue weighted by atomic mass is 19.0. The molecule has 0 unspecified atom stereocenters. The van der Waals surface area contributed by atoms with Crippen LogP contribution in [0.2, 0.25) is 0 Å². The molecule has 0 saturated heterocycles. The van der Waals surface area contributed by atoms with Crippen LogP contribution in [-0.2, 0) is 0 Å². The summed E-state index contributed by atoms with van der Waals surface area (Å²) in [4.78, 5) is 0. The van der Waals surface area contributed by atoms with E-state index >= 15 is 0 Å². The first-order chi connectivity index (χ1) is 4.77. The zero-order valence-electron chi connectivity index (χ0n) is 10.7. The highest BCUT2D eigenvalue weighted by Gasteiger charge is 1.92. The second kappa shape index (κ2) is 45.1. The maximum atomic E-state index is 2.31. The monoisotopic (exact) mass is 282 g/mol. The van der Waals surface area contributed by atoms with Crippen LogP contribution in [0.15, 0.2) is 0 Å². The molecule has 0 heterocycles. The van der Waals surface area contributed by atoms with Crippen molar-refractivity contribution < 1.29 is 32.9 Å². The van der Waals surface area contributed by atoms with E-state index in [-0.39, 0.29) is 32.9 Å². The van der Waals surface area contributed by atoms with E-state index < -0.39 is 0 Å². The second-order valence-electron chi connectivity index (χ2n) is 3.60. The van der Waals surface area contributed by atoms with Crippen LogP contribution >= 0.6 is 0 Å². The average Bonchev–Trinajstić information content (AvgIpc) is 1.87. The van der Waals surface area contributed by atoms with Gasteiger partial charge in [0.2, 0.25) is 0 Å². The Bertz CT molecular complexity index is 71.7. The molecule has 0 radical (unpaired) electrons. The van der Waals surface area contributed by atoms with Crippen molar-refractivity contribution in [3.8, 4) is 0 Å². The summed E-state index contributed by atoms with van der Waals surface area (Å²) in [7, 11) is 0. The van der Waals surface area contributed by atoms with E-state index in [4.69, 9.17) is 0 Å². The van der Waals surface area contributed by atoms with Gasteiger partial charge in [-0.15, -0.1) is 0 Å². The Kier molecular flexibility index (Phi) is 145. The van der Waals surface area contributed by atoms with Crippen LogP contribution in [0, 0.1) is 5.92 Å². The van der Waals surface area contributed by atoms with Crippen molar-refractivity contribution in [2.24, 2.45) is 5.92 Å². The fraction of sp³-hybridized carbons (Fsp3) is 1.00. The Balaban J connectivity index is -0.0000000193. The first kappa shape index (κ1) is 54.8. The van der Waals surface area contributed by atoms with Gasteiger partial charge < -0.3 is 0 Å². The third-order valence-corrected chi connectivity index (χ3v) is 1.89. The molecule has 0 N–H and O–H groups in total. The van der Waals surface area contributed by atoms with Crippen molar-refractivity contribution in [1.82, 2.24) is 0 Å². The lowest BCUT2D eigenvalue weighted by Crippen LogP contribution is -1.86. The molecule has 7 heteroatoms. The van der Waals surface area contributed by atoms with E-state index in [9.17, 15) is 0 Å². The van der Waals surface area contributed by atoms with E-state index in [1.807, 2.05) is 0 Å². The highest BCUT2D eigenvalue weighted by molar-refractivity contribution is 4.46. The molecule has 0 saturated carbocycles. The van der Waals surface area contributed by atoms with Crippen LogP contribution in [0.25, 0.3) is 0 Å². The van der Waals surface area contributed by atoms with Crippen LogP contribution < -0.4 is 0 Å². The number of hydrogen-bond donors (Lipinski definition) is 0. The zero-order chi connectivity index (χ0) is 7.82. The Morgan fingerprint density at radius 1 is 0.588 bits per heavy atom. The van der Waals surface area contributed by atoms with Gasteiger partial charge in [0, 0.05) is 0 Å². The predicted octanol–water partition coefficient (Wildman–Crippen LogP) is 5.07. The molecule has 0 atom stereocenters. The molecule has 0 rings (SSSR count). The summed E-state index contributed by atoms with van der Waals surface area (Å²) >= 11 is 0. The maximum absolute atomic E-state index is 2.31. The molecular formula is C10H29F7. The van der Waals surface area contributed by atoms with Gasteiger partial charge >= 0.3 is 0 Å². The molecule has 0 bridgehead atoms. The van der Waals surface area contributed by atoms with Crippen LogP contribution in [0.4, 0.5) is 32.9 Å². The maximum Gasteiger partial charge on any atom is -0.0471 e. The lowest BCUT2D eigenvalue weighted by Gasteiger charge is -2.02. The lowest BCUT2D eigenvalue weighted by atomic mass is 10.0. The molecule has 0 aromatic carbocycles. The molecular weight excluding hydrogens is 253 g/mol. The second-order valence-corrected chi connectivity index (χ2v) is 3.60. The minimum Gasteiger partial charge on any atom is -0.269 e. The summed E-state index contributed by atoms with van der Waals surface area (Å²) in [6, 6.07) is 0. The summed E-state index contributed by atoms with van der Waals surface area (Å²) in [5, 5.41) is 0. The van der Waals surface area contributed by atoms with Gasteiger partial charge in [0.25, 0.3) is 0 Å². The summed E-state index contributed by atoms with van der Waals surface area (Å²) in [5.74, 6) is 0.904. The van der Waals surface area contributed by atoms with Gasteiger partial charge in [-0.1, -0.05) is 59.3 Å². The third kappa shape index (κ3) is 66.8. The van der Waals surface area contributed by atoms with Crippen LogP contribution in [-0.4, -0.2) is 0 Å². The lowest BCUT2D eigenvalue weighted by molar-refractivity contribution is 0.518. The Hall–Kier alpha value is -0.490. The molecule has 0 nitrogen and oxygen atoms in total. The fourth-order valence-corrected chi connectivity index (χ4v) is 1.16. The van der Waals surface area contributed by atoms with E-state index in [0.29, 0.717) is 0 Å². The topological polar surface area (TPSA) is 0 Å². The van der Waals surface area contributed by atoms with Crippen molar-refractivity contribution in [3.63, 3.8) is 0 Å². The van der Waals surface area contributed by atoms with Crippen molar-refractivity contribution in [2.45, 2.75) is 59.3 Å². The van der Waals surface area contributed by atoms with Gasteiger partial charge in [0.1, 0.15) is 0 Å². The van der Waals surface area contributed by atoms with Gasteiger partial charge in [0.05, 0.1) is 0 Å².